The van der Waals surface area contributed by atoms with Crippen LogP contribution in [0.1, 0.15) is 22.4 Å². The number of hydrogen-bond donors (Lipinski definition) is 1. The normalized spacial score (nSPS) is 10.1. The van der Waals surface area contributed by atoms with Gasteiger partial charge in [0.1, 0.15) is 17.5 Å². The number of nitrogens with two attached hydrogens (primary N) is 1. The van der Waals surface area contributed by atoms with Crippen LogP contribution >= 0.6 is 0 Å². The molecule has 0 fully saturated rings. The number of allylic oxidation sites excluding steroid dienone is 1. The van der Waals surface area contributed by atoms with E-state index in [9.17, 15) is 5.26 Å². The Hall–Kier alpha value is -2.54. The SMILES string of the molecule is C=CCn1nc(Cc2cccc(C)c2)c(C#N)c1N. The second kappa shape index (κ2) is 5.40. The van der Waals surface area contributed by atoms with Crippen molar-refractivity contribution < 1.29 is 0 Å². The second-order valence-electron chi connectivity index (χ2n) is 4.46. The Labute approximate surface area is 112 Å². The summed E-state index contributed by atoms with van der Waals surface area (Å²) in [5.41, 5.74) is 9.41. The number of nitrogens with zero attached hydrogens (tertiary/aromatic N) is 3. The molecular formula is C15H16N4. The molecule has 2 aromatic rings. The van der Waals surface area contributed by atoms with Gasteiger partial charge in [0.05, 0.1) is 12.2 Å². The summed E-state index contributed by atoms with van der Waals surface area (Å²) < 4.78 is 1.61. The highest BCUT2D eigenvalue weighted by molar-refractivity contribution is 5.53. The summed E-state index contributed by atoms with van der Waals surface area (Å²) in [4.78, 5) is 0. The average molecular weight is 252 g/mol. The van der Waals surface area contributed by atoms with Crippen molar-refractivity contribution in [1.29, 1.82) is 5.26 Å². The quantitative estimate of drug-likeness (QED) is 0.850. The van der Waals surface area contributed by atoms with Crippen molar-refractivity contribution >= 4 is 5.82 Å². The summed E-state index contributed by atoms with van der Waals surface area (Å²) in [6.45, 7) is 6.21. The summed E-state index contributed by atoms with van der Waals surface area (Å²) >= 11 is 0. The van der Waals surface area contributed by atoms with Gasteiger partial charge in [-0.25, -0.2) is 4.68 Å². The van der Waals surface area contributed by atoms with Crippen LogP contribution in [0.4, 0.5) is 5.82 Å². The van der Waals surface area contributed by atoms with E-state index in [0.717, 1.165) is 5.56 Å². The number of nitriles is 1. The van der Waals surface area contributed by atoms with Crippen LogP contribution in [-0.2, 0) is 13.0 Å². The number of rotatable bonds is 4. The summed E-state index contributed by atoms with van der Waals surface area (Å²) in [6.07, 6.45) is 2.32. The predicted molar refractivity (Wildman–Crippen MR) is 75.5 cm³/mol. The molecule has 1 aromatic heterocycles. The zero-order valence-corrected chi connectivity index (χ0v) is 10.9. The molecule has 0 aliphatic carbocycles. The molecule has 0 bridgehead atoms. The third-order valence-corrected chi connectivity index (χ3v) is 2.93. The third kappa shape index (κ3) is 2.66. The van der Waals surface area contributed by atoms with Crippen LogP contribution in [0.25, 0.3) is 0 Å². The molecule has 0 aliphatic rings. The van der Waals surface area contributed by atoms with Crippen molar-refractivity contribution in [3.8, 4) is 6.07 Å². The molecule has 0 atom stereocenters. The number of benzene rings is 1. The zero-order valence-electron chi connectivity index (χ0n) is 10.9. The van der Waals surface area contributed by atoms with Crippen LogP contribution < -0.4 is 5.73 Å². The van der Waals surface area contributed by atoms with Crippen LogP contribution in [0.2, 0.25) is 0 Å². The van der Waals surface area contributed by atoms with E-state index in [2.05, 4.69) is 23.8 Å². The Balaban J connectivity index is 2.37. The summed E-state index contributed by atoms with van der Waals surface area (Å²) in [7, 11) is 0. The predicted octanol–water partition coefficient (Wildman–Crippen LogP) is 2.42. The zero-order chi connectivity index (χ0) is 13.8. The highest BCUT2D eigenvalue weighted by Gasteiger charge is 2.14. The number of anilines is 1. The van der Waals surface area contributed by atoms with Gasteiger partial charge in [-0.3, -0.25) is 0 Å². The first-order valence-corrected chi connectivity index (χ1v) is 6.07. The molecule has 1 aromatic carbocycles. The van der Waals surface area contributed by atoms with Crippen molar-refractivity contribution in [3.05, 3.63) is 59.3 Å². The van der Waals surface area contributed by atoms with Crippen LogP contribution in [-0.4, -0.2) is 9.78 Å². The average Bonchev–Trinajstić information content (AvgIpc) is 2.66. The Morgan fingerprint density at radius 2 is 2.32 bits per heavy atom. The lowest BCUT2D eigenvalue weighted by atomic mass is 10.1. The van der Waals surface area contributed by atoms with Crippen molar-refractivity contribution in [2.45, 2.75) is 19.9 Å². The van der Waals surface area contributed by atoms with Crippen LogP contribution in [0.3, 0.4) is 0 Å². The Bertz CT molecular complexity index is 647. The molecule has 0 spiro atoms. The number of hydrogen-bond acceptors (Lipinski definition) is 3. The van der Waals surface area contributed by atoms with Gasteiger partial charge in [0, 0.05) is 6.42 Å². The first kappa shape index (κ1) is 12.9. The summed E-state index contributed by atoms with van der Waals surface area (Å²) in [5, 5.41) is 13.6. The minimum absolute atomic E-state index is 0.407. The van der Waals surface area contributed by atoms with E-state index in [-0.39, 0.29) is 0 Å². The standard InChI is InChI=1S/C15H16N4/c1-3-7-19-15(17)13(10-16)14(18-19)9-12-6-4-5-11(2)8-12/h3-6,8H,1,7,9,17H2,2H3. The molecule has 0 saturated heterocycles. The monoisotopic (exact) mass is 252 g/mol. The van der Waals surface area contributed by atoms with Gasteiger partial charge in [-0.15, -0.1) is 6.58 Å². The molecule has 0 saturated carbocycles. The maximum Gasteiger partial charge on any atom is 0.140 e. The summed E-state index contributed by atoms with van der Waals surface area (Å²) in [5.74, 6) is 0.407. The van der Waals surface area contributed by atoms with Gasteiger partial charge < -0.3 is 5.73 Å². The largest absolute Gasteiger partial charge is 0.383 e. The Morgan fingerprint density at radius 1 is 1.53 bits per heavy atom. The second-order valence-corrected chi connectivity index (χ2v) is 4.46. The van der Waals surface area contributed by atoms with E-state index >= 15 is 0 Å². The van der Waals surface area contributed by atoms with Gasteiger partial charge >= 0.3 is 0 Å². The fraction of sp³-hybridized carbons (Fsp3) is 0.200. The fourth-order valence-corrected chi connectivity index (χ4v) is 2.05. The Morgan fingerprint density at radius 3 is 2.95 bits per heavy atom. The molecule has 0 radical (unpaired) electrons. The lowest BCUT2D eigenvalue weighted by Crippen LogP contribution is -2.03. The van der Waals surface area contributed by atoms with Crippen molar-refractivity contribution in [3.63, 3.8) is 0 Å². The highest BCUT2D eigenvalue weighted by Crippen LogP contribution is 2.19. The minimum atomic E-state index is 0.407. The van der Waals surface area contributed by atoms with Crippen molar-refractivity contribution in [1.82, 2.24) is 9.78 Å². The van der Waals surface area contributed by atoms with Gasteiger partial charge in [0.25, 0.3) is 0 Å². The van der Waals surface area contributed by atoms with E-state index in [1.165, 1.54) is 5.56 Å². The Kier molecular flexibility index (Phi) is 3.67. The smallest absolute Gasteiger partial charge is 0.140 e. The van der Waals surface area contributed by atoms with E-state index in [4.69, 9.17) is 5.73 Å². The van der Waals surface area contributed by atoms with Gasteiger partial charge in [-0.05, 0) is 12.5 Å². The molecule has 2 N–H and O–H groups in total. The van der Waals surface area contributed by atoms with E-state index < -0.39 is 0 Å². The van der Waals surface area contributed by atoms with Crippen molar-refractivity contribution in [2.24, 2.45) is 0 Å². The fourth-order valence-electron chi connectivity index (χ4n) is 2.05. The molecule has 0 amide bonds. The lowest BCUT2D eigenvalue weighted by molar-refractivity contribution is 0.699. The number of nitrogen functional groups attached to an aromatic ring is 1. The molecule has 4 heteroatoms. The molecule has 4 nitrogen and oxygen atoms in total. The van der Waals surface area contributed by atoms with E-state index in [1.54, 1.807) is 10.8 Å². The maximum atomic E-state index is 9.20. The molecule has 96 valence electrons. The third-order valence-electron chi connectivity index (χ3n) is 2.93. The summed E-state index contributed by atoms with van der Waals surface area (Å²) in [6, 6.07) is 10.3. The molecule has 0 aliphatic heterocycles. The number of aromatic nitrogens is 2. The molecule has 1 heterocycles. The van der Waals surface area contributed by atoms with Gasteiger partial charge in [0.2, 0.25) is 0 Å². The highest BCUT2D eigenvalue weighted by atomic mass is 15.3. The van der Waals surface area contributed by atoms with E-state index in [0.29, 0.717) is 30.0 Å². The molecule has 19 heavy (non-hydrogen) atoms. The maximum absolute atomic E-state index is 9.20. The van der Waals surface area contributed by atoms with Crippen molar-refractivity contribution in [2.75, 3.05) is 5.73 Å². The van der Waals surface area contributed by atoms with Crippen LogP contribution in [0.5, 0.6) is 0 Å². The molecule has 0 unspecified atom stereocenters. The van der Waals surface area contributed by atoms with Gasteiger partial charge in [0.15, 0.2) is 0 Å². The van der Waals surface area contributed by atoms with Crippen LogP contribution in [0.15, 0.2) is 36.9 Å². The first-order valence-electron chi connectivity index (χ1n) is 6.07. The minimum Gasteiger partial charge on any atom is -0.383 e. The lowest BCUT2D eigenvalue weighted by Gasteiger charge is -2.00. The number of aryl methyl sites for hydroxylation is 1. The first-order chi connectivity index (χ1) is 9.15. The molecule has 2 rings (SSSR count). The van der Waals surface area contributed by atoms with Crippen LogP contribution in [0, 0.1) is 18.3 Å². The van der Waals surface area contributed by atoms with Gasteiger partial charge in [-0.2, -0.15) is 10.4 Å². The molecular weight excluding hydrogens is 236 g/mol. The van der Waals surface area contributed by atoms with Gasteiger partial charge in [-0.1, -0.05) is 35.9 Å². The van der Waals surface area contributed by atoms with E-state index in [1.807, 2.05) is 25.1 Å². The topological polar surface area (TPSA) is 67.6 Å².